The molecule has 12 heteroatoms. The van der Waals surface area contributed by atoms with Crippen molar-refractivity contribution in [1.82, 2.24) is 5.32 Å². The highest BCUT2D eigenvalue weighted by molar-refractivity contribution is 14.1. The van der Waals surface area contributed by atoms with E-state index in [-0.39, 0.29) is 25.4 Å². The fourth-order valence-electron chi connectivity index (χ4n) is 1.82. The summed E-state index contributed by atoms with van der Waals surface area (Å²) < 4.78 is 75.0. The maximum Gasteiger partial charge on any atom is 0.311 e. The third kappa shape index (κ3) is 7.20. The summed E-state index contributed by atoms with van der Waals surface area (Å²) in [5.74, 6) is -15.2. The molecule has 6 nitrogen and oxygen atoms in total. The van der Waals surface area contributed by atoms with Gasteiger partial charge in [-0.3, -0.25) is 14.4 Å². The number of carbonyl (C=O) groups is 3. The second-order valence-corrected chi connectivity index (χ2v) is 6.05. The Bertz CT molecular complexity index is 718. The van der Waals surface area contributed by atoms with Crippen molar-refractivity contribution in [2.75, 3.05) is 17.6 Å². The van der Waals surface area contributed by atoms with E-state index in [0.29, 0.717) is 17.4 Å². The average Bonchev–Trinajstić information content (AvgIpc) is 2.67. The van der Waals surface area contributed by atoms with Crippen LogP contribution in [0.25, 0.3) is 0 Å². The molecule has 0 saturated heterocycles. The molecule has 1 amide bonds. The van der Waals surface area contributed by atoms with Crippen LogP contribution in [-0.4, -0.2) is 35.4 Å². The summed E-state index contributed by atoms with van der Waals surface area (Å²) in [6, 6.07) is 0. The molecule has 1 aromatic rings. The van der Waals surface area contributed by atoms with Crippen molar-refractivity contribution in [1.29, 1.82) is 0 Å². The topological polar surface area (TPSA) is 81.7 Å². The van der Waals surface area contributed by atoms with Crippen LogP contribution in [0.15, 0.2) is 0 Å². The minimum atomic E-state index is -2.37. The van der Waals surface area contributed by atoms with Crippen molar-refractivity contribution in [3.63, 3.8) is 0 Å². The zero-order valence-corrected chi connectivity index (χ0v) is 16.4. The summed E-state index contributed by atoms with van der Waals surface area (Å²) in [7, 11) is 0. The summed E-state index contributed by atoms with van der Waals surface area (Å²) in [5, 5.41) is 2.57. The second-order valence-electron chi connectivity index (χ2n) is 5.28. The molecule has 0 fully saturated rings. The van der Waals surface area contributed by atoms with Gasteiger partial charge in [0.2, 0.25) is 40.7 Å². The minimum Gasteiger partial charge on any atom is -0.466 e. The highest BCUT2D eigenvalue weighted by atomic mass is 127. The smallest absolute Gasteiger partial charge is 0.311 e. The summed E-state index contributed by atoms with van der Waals surface area (Å²) in [6.07, 6.45) is -0.484. The first-order valence-corrected chi connectivity index (χ1v) is 9.42. The number of hydrogen-bond donors (Lipinski definition) is 1. The zero-order valence-electron chi connectivity index (χ0n) is 14.3. The van der Waals surface area contributed by atoms with Gasteiger partial charge in [-0.05, 0) is 12.8 Å². The number of carbonyl (C=O) groups excluding carboxylic acids is 3. The average molecular weight is 523 g/mol. The Kier molecular flexibility index (Phi) is 10.1. The molecule has 28 heavy (non-hydrogen) atoms. The van der Waals surface area contributed by atoms with Gasteiger partial charge in [0, 0.05) is 19.4 Å². The highest BCUT2D eigenvalue weighted by Crippen LogP contribution is 2.29. The first kappa shape index (κ1) is 24.0. The van der Waals surface area contributed by atoms with Crippen LogP contribution in [0.5, 0.6) is 5.75 Å². The van der Waals surface area contributed by atoms with Gasteiger partial charge in [0.25, 0.3) is 0 Å². The molecule has 0 aromatic heterocycles. The first-order valence-electron chi connectivity index (χ1n) is 7.89. The SMILES string of the molecule is O=C(CI)NCCCOC(=O)CCCC(=O)Oc1c(F)c(F)c(F)c(F)c1F. The van der Waals surface area contributed by atoms with E-state index in [0.717, 1.165) is 0 Å². The third-order valence-corrected chi connectivity index (χ3v) is 3.87. The fraction of sp³-hybridized carbons (Fsp3) is 0.438. The largest absolute Gasteiger partial charge is 0.466 e. The molecular weight excluding hydrogens is 508 g/mol. The van der Waals surface area contributed by atoms with Crippen molar-refractivity contribution >= 4 is 40.4 Å². The van der Waals surface area contributed by atoms with E-state index in [1.807, 2.05) is 22.6 Å². The van der Waals surface area contributed by atoms with Gasteiger partial charge >= 0.3 is 11.9 Å². The van der Waals surface area contributed by atoms with Gasteiger partial charge in [0.15, 0.2) is 0 Å². The number of rotatable bonds is 10. The van der Waals surface area contributed by atoms with Crippen LogP contribution in [0.3, 0.4) is 0 Å². The van der Waals surface area contributed by atoms with Gasteiger partial charge in [-0.1, -0.05) is 22.6 Å². The van der Waals surface area contributed by atoms with Crippen LogP contribution in [0, 0.1) is 29.1 Å². The molecule has 0 heterocycles. The highest BCUT2D eigenvalue weighted by Gasteiger charge is 2.28. The van der Waals surface area contributed by atoms with Gasteiger partial charge in [0.05, 0.1) is 11.0 Å². The Morgan fingerprint density at radius 1 is 0.821 bits per heavy atom. The Morgan fingerprint density at radius 2 is 1.36 bits per heavy atom. The standard InChI is InChI=1S/C16H15F5INO5/c17-11-12(18)14(20)16(15(21)13(11)19)28-10(26)4-1-3-9(25)27-6-2-5-23-8(24)7-22/h1-7H2,(H,23,24). The van der Waals surface area contributed by atoms with Crippen molar-refractivity contribution in [3.05, 3.63) is 29.1 Å². The maximum absolute atomic E-state index is 13.4. The normalized spacial score (nSPS) is 10.5. The van der Waals surface area contributed by atoms with Gasteiger partial charge in [-0.2, -0.15) is 8.78 Å². The van der Waals surface area contributed by atoms with Crippen LogP contribution >= 0.6 is 22.6 Å². The van der Waals surface area contributed by atoms with Crippen molar-refractivity contribution in [3.8, 4) is 5.75 Å². The van der Waals surface area contributed by atoms with Crippen LogP contribution in [0.4, 0.5) is 22.0 Å². The number of esters is 2. The Labute approximate surface area is 169 Å². The summed E-state index contributed by atoms with van der Waals surface area (Å²) in [6.45, 7) is 0.360. The van der Waals surface area contributed by atoms with E-state index >= 15 is 0 Å². The molecule has 1 N–H and O–H groups in total. The minimum absolute atomic E-state index is 0.0371. The first-order chi connectivity index (χ1) is 13.2. The van der Waals surface area contributed by atoms with E-state index in [4.69, 9.17) is 4.74 Å². The van der Waals surface area contributed by atoms with Crippen LogP contribution in [0.1, 0.15) is 25.7 Å². The number of nitrogens with one attached hydrogen (secondary N) is 1. The lowest BCUT2D eigenvalue weighted by Crippen LogP contribution is -2.26. The van der Waals surface area contributed by atoms with Crippen molar-refractivity contribution in [2.45, 2.75) is 25.7 Å². The lowest BCUT2D eigenvalue weighted by molar-refractivity contribution is -0.144. The maximum atomic E-state index is 13.4. The summed E-state index contributed by atoms with van der Waals surface area (Å²) in [4.78, 5) is 33.9. The van der Waals surface area contributed by atoms with E-state index in [2.05, 4.69) is 10.1 Å². The van der Waals surface area contributed by atoms with Gasteiger partial charge in [-0.25, -0.2) is 13.2 Å². The molecule has 0 aliphatic heterocycles. The number of benzene rings is 1. The monoisotopic (exact) mass is 523 g/mol. The Hall–Kier alpha value is -1.99. The van der Waals surface area contributed by atoms with E-state index in [9.17, 15) is 36.3 Å². The van der Waals surface area contributed by atoms with Crippen LogP contribution in [-0.2, 0) is 19.1 Å². The molecule has 0 spiro atoms. The van der Waals surface area contributed by atoms with Crippen molar-refractivity contribution in [2.24, 2.45) is 0 Å². The van der Waals surface area contributed by atoms with E-state index < -0.39 is 53.2 Å². The molecule has 156 valence electrons. The van der Waals surface area contributed by atoms with Gasteiger partial charge in [0.1, 0.15) is 0 Å². The second kappa shape index (κ2) is 11.8. The van der Waals surface area contributed by atoms with E-state index in [1.165, 1.54) is 0 Å². The number of halogens is 6. The molecule has 0 saturated carbocycles. The fourth-order valence-corrected chi connectivity index (χ4v) is 2.09. The summed E-state index contributed by atoms with van der Waals surface area (Å²) in [5.41, 5.74) is 0. The molecule has 0 atom stereocenters. The predicted molar refractivity (Wildman–Crippen MR) is 93.2 cm³/mol. The zero-order chi connectivity index (χ0) is 21.3. The number of alkyl halides is 1. The van der Waals surface area contributed by atoms with Crippen molar-refractivity contribution < 1.29 is 45.8 Å². The van der Waals surface area contributed by atoms with Crippen LogP contribution in [0.2, 0.25) is 0 Å². The quantitative estimate of drug-likeness (QED) is 0.0746. The Balaban J connectivity index is 2.36. The Morgan fingerprint density at radius 3 is 1.93 bits per heavy atom. The lowest BCUT2D eigenvalue weighted by Gasteiger charge is -2.09. The molecule has 1 aromatic carbocycles. The molecule has 0 aliphatic carbocycles. The molecule has 0 unspecified atom stereocenters. The van der Waals surface area contributed by atoms with E-state index in [1.54, 1.807) is 0 Å². The number of ether oxygens (including phenoxy) is 2. The third-order valence-electron chi connectivity index (χ3n) is 3.17. The lowest BCUT2D eigenvalue weighted by atomic mass is 10.2. The predicted octanol–water partition coefficient (Wildman–Crippen LogP) is 2.94. The van der Waals surface area contributed by atoms with Gasteiger partial charge in [-0.15, -0.1) is 0 Å². The number of amides is 1. The molecule has 1 rings (SSSR count). The molecule has 0 radical (unpaired) electrons. The molecular formula is C16H15F5INO5. The van der Waals surface area contributed by atoms with Gasteiger partial charge < -0.3 is 14.8 Å². The van der Waals surface area contributed by atoms with Crippen LogP contribution < -0.4 is 10.1 Å². The molecule has 0 bridgehead atoms. The summed E-state index contributed by atoms with van der Waals surface area (Å²) >= 11 is 1.89. The number of hydrogen-bond acceptors (Lipinski definition) is 5. The molecule has 0 aliphatic rings.